The summed E-state index contributed by atoms with van der Waals surface area (Å²) in [6, 6.07) is -0.316. The van der Waals surface area contributed by atoms with Crippen molar-refractivity contribution in [2.24, 2.45) is 22.2 Å². The molecule has 0 bridgehead atoms. The van der Waals surface area contributed by atoms with Crippen LogP contribution in [0.5, 0.6) is 0 Å². The van der Waals surface area contributed by atoms with Crippen LogP contribution in [-0.4, -0.2) is 43.1 Å². The molecule has 4 aliphatic carbocycles. The first-order valence-electron chi connectivity index (χ1n) is 12.6. The number of hydrogen-bond donors (Lipinski definition) is 3. The summed E-state index contributed by atoms with van der Waals surface area (Å²) in [7, 11) is -3.74. The molecule has 180 valence electrons. The van der Waals surface area contributed by atoms with E-state index in [4.69, 9.17) is 0 Å². The lowest BCUT2D eigenvalue weighted by Crippen LogP contribution is -2.56. The zero-order valence-corrected chi connectivity index (χ0v) is 20.8. The first kappa shape index (κ1) is 22.6. The average molecular weight is 466 g/mol. The van der Waals surface area contributed by atoms with Gasteiger partial charge in [0, 0.05) is 6.54 Å². The minimum absolute atomic E-state index is 0.0197. The van der Waals surface area contributed by atoms with Crippen LogP contribution >= 0.6 is 0 Å². The van der Waals surface area contributed by atoms with Gasteiger partial charge in [0.15, 0.2) is 0 Å². The van der Waals surface area contributed by atoms with Gasteiger partial charge >= 0.3 is 0 Å². The van der Waals surface area contributed by atoms with Crippen molar-refractivity contribution in [3.05, 3.63) is 0 Å². The van der Waals surface area contributed by atoms with Crippen molar-refractivity contribution >= 4 is 21.8 Å². The normalized spacial score (nSPS) is 39.4. The summed E-state index contributed by atoms with van der Waals surface area (Å²) in [5.74, 6) is -0.721. The standard InChI is InChI=1S/C24H39N3O4S/c1-5-8-21(11-12-21)32(30,31)27-19(29)24(13-16(24)6-2)26-18(28)17-14-23(15-25-17)20(3,4)22(23)9-7-10-22/h16-17,25H,5-15H2,1-4H3,(H,26,28)(H,27,29)/t16-,17+,23-,24-/m1/s1. The van der Waals surface area contributed by atoms with Crippen LogP contribution in [0, 0.1) is 22.2 Å². The summed E-state index contributed by atoms with van der Waals surface area (Å²) in [6.07, 6.45) is 8.35. The minimum atomic E-state index is -3.74. The number of carbonyl (C=O) groups is 2. The molecule has 2 spiro atoms. The SMILES string of the molecule is CCCC1(S(=O)(=O)NC(=O)[C@@]2(NC(=O)[C@@H]3C[C@@]4(CN3)C(C)(C)C43CCC3)C[C@H]2CC)CC1. The highest BCUT2D eigenvalue weighted by atomic mass is 32.2. The molecule has 8 heteroatoms. The number of carbonyl (C=O) groups excluding carboxylic acids is 2. The lowest BCUT2D eigenvalue weighted by atomic mass is 9.73. The van der Waals surface area contributed by atoms with Gasteiger partial charge in [-0.1, -0.05) is 47.0 Å². The van der Waals surface area contributed by atoms with Crippen LogP contribution in [0.25, 0.3) is 0 Å². The molecule has 5 aliphatic rings. The van der Waals surface area contributed by atoms with Crippen molar-refractivity contribution in [1.82, 2.24) is 15.4 Å². The fourth-order valence-electron chi connectivity index (χ4n) is 7.90. The molecular weight excluding hydrogens is 426 g/mol. The summed E-state index contributed by atoms with van der Waals surface area (Å²) in [4.78, 5) is 26.5. The van der Waals surface area contributed by atoms with Crippen LogP contribution in [0.3, 0.4) is 0 Å². The summed E-state index contributed by atoms with van der Waals surface area (Å²) in [5.41, 5.74) is -0.307. The lowest BCUT2D eigenvalue weighted by Gasteiger charge is -2.31. The topological polar surface area (TPSA) is 104 Å². The molecule has 4 saturated carbocycles. The van der Waals surface area contributed by atoms with Crippen LogP contribution in [0.15, 0.2) is 0 Å². The summed E-state index contributed by atoms with van der Waals surface area (Å²) >= 11 is 0. The fraction of sp³-hybridized carbons (Fsp3) is 0.917. The third-order valence-corrected chi connectivity index (χ3v) is 12.8. The Morgan fingerprint density at radius 2 is 1.72 bits per heavy atom. The van der Waals surface area contributed by atoms with Crippen molar-refractivity contribution in [1.29, 1.82) is 0 Å². The van der Waals surface area contributed by atoms with E-state index >= 15 is 0 Å². The molecule has 0 unspecified atom stereocenters. The molecule has 4 atom stereocenters. The Labute approximate surface area is 192 Å². The lowest BCUT2D eigenvalue weighted by molar-refractivity contribution is -0.130. The second-order valence-corrected chi connectivity index (χ2v) is 14.0. The molecule has 5 fully saturated rings. The number of rotatable bonds is 8. The Kier molecular flexibility index (Phi) is 4.75. The van der Waals surface area contributed by atoms with E-state index in [0.29, 0.717) is 31.1 Å². The molecule has 7 nitrogen and oxygen atoms in total. The highest BCUT2D eigenvalue weighted by Gasteiger charge is 2.84. The molecule has 0 aromatic rings. The molecule has 1 aliphatic heterocycles. The predicted octanol–water partition coefficient (Wildman–Crippen LogP) is 2.61. The summed E-state index contributed by atoms with van der Waals surface area (Å²) in [6.45, 7) is 9.47. The number of sulfonamides is 1. The number of amides is 2. The maximum atomic E-state index is 13.3. The molecule has 3 N–H and O–H groups in total. The van der Waals surface area contributed by atoms with E-state index in [9.17, 15) is 18.0 Å². The Hall–Kier alpha value is -1.15. The number of fused-ring (bicyclic) bond motifs is 1. The Bertz CT molecular complexity index is 952. The molecule has 0 radical (unpaired) electrons. The van der Waals surface area contributed by atoms with Gasteiger partial charge in [0.1, 0.15) is 5.54 Å². The van der Waals surface area contributed by atoms with Gasteiger partial charge in [-0.3, -0.25) is 14.3 Å². The van der Waals surface area contributed by atoms with Crippen LogP contribution in [0.2, 0.25) is 0 Å². The van der Waals surface area contributed by atoms with E-state index < -0.39 is 26.2 Å². The molecule has 32 heavy (non-hydrogen) atoms. The second-order valence-electron chi connectivity index (χ2n) is 11.9. The molecule has 1 saturated heterocycles. The molecular formula is C24H39N3O4S. The Morgan fingerprint density at radius 1 is 1.03 bits per heavy atom. The van der Waals surface area contributed by atoms with Gasteiger partial charge in [-0.05, 0) is 67.1 Å². The third-order valence-electron chi connectivity index (χ3n) is 10.6. The van der Waals surface area contributed by atoms with Crippen molar-refractivity contribution in [3.8, 4) is 0 Å². The summed E-state index contributed by atoms with van der Waals surface area (Å²) in [5, 5.41) is 6.46. The Morgan fingerprint density at radius 3 is 2.19 bits per heavy atom. The van der Waals surface area contributed by atoms with E-state index in [1.807, 2.05) is 13.8 Å². The van der Waals surface area contributed by atoms with Crippen molar-refractivity contribution in [2.75, 3.05) is 6.54 Å². The number of hydrogen-bond acceptors (Lipinski definition) is 5. The smallest absolute Gasteiger partial charge is 0.259 e. The summed E-state index contributed by atoms with van der Waals surface area (Å²) < 4.78 is 27.5. The van der Waals surface area contributed by atoms with Gasteiger partial charge in [-0.15, -0.1) is 0 Å². The highest BCUT2D eigenvalue weighted by molar-refractivity contribution is 7.91. The molecule has 5 rings (SSSR count). The quantitative estimate of drug-likeness (QED) is 0.511. The van der Waals surface area contributed by atoms with Gasteiger partial charge in [0.25, 0.3) is 5.91 Å². The largest absolute Gasteiger partial charge is 0.340 e. The third kappa shape index (κ3) is 2.65. The minimum Gasteiger partial charge on any atom is -0.340 e. The monoisotopic (exact) mass is 465 g/mol. The second kappa shape index (κ2) is 6.71. The van der Waals surface area contributed by atoms with E-state index in [0.717, 1.165) is 25.8 Å². The van der Waals surface area contributed by atoms with Crippen LogP contribution in [-0.2, 0) is 19.6 Å². The van der Waals surface area contributed by atoms with Crippen LogP contribution in [0.1, 0.15) is 91.9 Å². The van der Waals surface area contributed by atoms with Crippen molar-refractivity contribution in [2.45, 2.75) is 108 Å². The van der Waals surface area contributed by atoms with E-state index in [2.05, 4.69) is 29.2 Å². The first-order chi connectivity index (χ1) is 15.0. The molecule has 1 heterocycles. The fourth-order valence-corrected chi connectivity index (χ4v) is 9.65. The highest BCUT2D eigenvalue weighted by Crippen LogP contribution is 2.87. The van der Waals surface area contributed by atoms with Gasteiger partial charge in [-0.25, -0.2) is 8.42 Å². The van der Waals surface area contributed by atoms with Gasteiger partial charge in [0.05, 0.1) is 10.8 Å². The van der Waals surface area contributed by atoms with Gasteiger partial charge < -0.3 is 10.6 Å². The molecule has 2 amide bonds. The number of nitrogens with one attached hydrogen (secondary N) is 3. The van der Waals surface area contributed by atoms with E-state index in [1.165, 1.54) is 19.3 Å². The maximum Gasteiger partial charge on any atom is 0.259 e. The van der Waals surface area contributed by atoms with E-state index in [1.54, 1.807) is 0 Å². The van der Waals surface area contributed by atoms with Gasteiger partial charge in [0.2, 0.25) is 15.9 Å². The van der Waals surface area contributed by atoms with Crippen LogP contribution < -0.4 is 15.4 Å². The Balaban J connectivity index is 1.27. The van der Waals surface area contributed by atoms with Crippen molar-refractivity contribution in [3.63, 3.8) is 0 Å². The zero-order chi connectivity index (χ0) is 23.2. The first-order valence-corrected chi connectivity index (χ1v) is 14.1. The zero-order valence-electron chi connectivity index (χ0n) is 20.0. The van der Waals surface area contributed by atoms with Gasteiger partial charge in [-0.2, -0.15) is 0 Å². The van der Waals surface area contributed by atoms with E-state index in [-0.39, 0.29) is 28.7 Å². The van der Waals surface area contributed by atoms with Crippen molar-refractivity contribution < 1.29 is 18.0 Å². The molecule has 0 aromatic carbocycles. The maximum absolute atomic E-state index is 13.3. The predicted molar refractivity (Wildman–Crippen MR) is 122 cm³/mol. The molecule has 0 aromatic heterocycles. The average Bonchev–Trinajstić information content (AvgIpc) is 3.60. The van der Waals surface area contributed by atoms with Crippen LogP contribution in [0.4, 0.5) is 0 Å².